The zero-order valence-corrected chi connectivity index (χ0v) is 10.5. The van der Waals surface area contributed by atoms with Gasteiger partial charge in [-0.1, -0.05) is 25.5 Å². The van der Waals surface area contributed by atoms with E-state index >= 15 is 0 Å². The maximum Gasteiger partial charge on any atom is 0.416 e. The first-order valence-electron chi connectivity index (χ1n) is 6.41. The van der Waals surface area contributed by atoms with Crippen molar-refractivity contribution >= 4 is 0 Å². The van der Waals surface area contributed by atoms with Crippen LogP contribution in [0.1, 0.15) is 43.7 Å². The first kappa shape index (κ1) is 13.4. The smallest absolute Gasteiger partial charge is 0.307 e. The fourth-order valence-corrected chi connectivity index (χ4v) is 2.82. The summed E-state index contributed by atoms with van der Waals surface area (Å²) in [6.45, 7) is 3.05. The molecule has 0 radical (unpaired) electrons. The zero-order valence-electron chi connectivity index (χ0n) is 10.5. The molecule has 1 aromatic rings. The molecule has 1 aliphatic rings. The van der Waals surface area contributed by atoms with Crippen molar-refractivity contribution in [3.8, 4) is 0 Å². The van der Waals surface area contributed by atoms with Crippen LogP contribution >= 0.6 is 0 Å². The molecule has 1 fully saturated rings. The SMILES string of the molecule is CCCC1(c2ccc(C(F)(F)F)cc2)CCCN1. The summed E-state index contributed by atoms with van der Waals surface area (Å²) in [5, 5.41) is 3.46. The fourth-order valence-electron chi connectivity index (χ4n) is 2.82. The molecule has 0 spiro atoms. The van der Waals surface area contributed by atoms with E-state index in [2.05, 4.69) is 12.2 Å². The summed E-state index contributed by atoms with van der Waals surface area (Å²) in [5.41, 5.74) is 0.296. The lowest BCUT2D eigenvalue weighted by Gasteiger charge is -2.30. The fraction of sp³-hybridized carbons (Fsp3) is 0.571. The van der Waals surface area contributed by atoms with Crippen LogP contribution in [0.3, 0.4) is 0 Å². The third kappa shape index (κ3) is 2.53. The van der Waals surface area contributed by atoms with Crippen molar-refractivity contribution in [3.63, 3.8) is 0 Å². The molecular formula is C14H18F3N. The van der Waals surface area contributed by atoms with Crippen molar-refractivity contribution in [2.24, 2.45) is 0 Å². The second-order valence-electron chi connectivity index (χ2n) is 4.94. The van der Waals surface area contributed by atoms with Crippen LogP contribution in [-0.4, -0.2) is 6.54 Å². The zero-order chi connectivity index (χ0) is 13.2. The first-order chi connectivity index (χ1) is 8.48. The lowest BCUT2D eigenvalue weighted by molar-refractivity contribution is -0.137. The monoisotopic (exact) mass is 257 g/mol. The maximum atomic E-state index is 12.5. The van der Waals surface area contributed by atoms with Crippen LogP contribution in [0.15, 0.2) is 24.3 Å². The van der Waals surface area contributed by atoms with E-state index in [0.717, 1.165) is 37.8 Å². The topological polar surface area (TPSA) is 12.0 Å². The van der Waals surface area contributed by atoms with Gasteiger partial charge in [-0.3, -0.25) is 0 Å². The minimum atomic E-state index is -4.25. The summed E-state index contributed by atoms with van der Waals surface area (Å²) in [6, 6.07) is 5.62. The predicted molar refractivity (Wildman–Crippen MR) is 65.3 cm³/mol. The molecule has 2 rings (SSSR count). The Balaban J connectivity index is 2.27. The Hall–Kier alpha value is -1.03. The number of alkyl halides is 3. The minimum Gasteiger partial charge on any atom is -0.307 e. The Labute approximate surface area is 105 Å². The second-order valence-corrected chi connectivity index (χ2v) is 4.94. The van der Waals surface area contributed by atoms with Gasteiger partial charge in [-0.25, -0.2) is 0 Å². The molecule has 0 aliphatic carbocycles. The second kappa shape index (κ2) is 4.92. The molecule has 1 heterocycles. The summed E-state index contributed by atoms with van der Waals surface area (Å²) < 4.78 is 37.6. The molecule has 1 saturated heterocycles. The van der Waals surface area contributed by atoms with Gasteiger partial charge in [0.1, 0.15) is 0 Å². The third-order valence-corrected chi connectivity index (χ3v) is 3.69. The van der Waals surface area contributed by atoms with Gasteiger partial charge in [0.25, 0.3) is 0 Å². The van der Waals surface area contributed by atoms with Crippen molar-refractivity contribution in [2.75, 3.05) is 6.54 Å². The number of rotatable bonds is 3. The minimum absolute atomic E-state index is 0.112. The van der Waals surface area contributed by atoms with Crippen molar-refractivity contribution < 1.29 is 13.2 Å². The van der Waals surface area contributed by atoms with Crippen LogP contribution in [0.4, 0.5) is 13.2 Å². The summed E-state index contributed by atoms with van der Waals surface area (Å²) >= 11 is 0. The van der Waals surface area contributed by atoms with E-state index in [1.807, 2.05) is 0 Å². The quantitative estimate of drug-likeness (QED) is 0.860. The Morgan fingerprint density at radius 2 is 1.89 bits per heavy atom. The van der Waals surface area contributed by atoms with Gasteiger partial charge in [0.2, 0.25) is 0 Å². The van der Waals surface area contributed by atoms with Crippen molar-refractivity contribution in [1.82, 2.24) is 5.32 Å². The maximum absolute atomic E-state index is 12.5. The molecule has 1 N–H and O–H groups in total. The number of nitrogens with one attached hydrogen (secondary N) is 1. The average molecular weight is 257 g/mol. The Bertz CT molecular complexity index is 388. The van der Waals surface area contributed by atoms with Gasteiger partial charge in [0.05, 0.1) is 5.56 Å². The lowest BCUT2D eigenvalue weighted by atomic mass is 9.84. The summed E-state index contributed by atoms with van der Waals surface area (Å²) in [6.07, 6.45) is -0.167. The molecule has 1 aliphatic heterocycles. The molecule has 1 aromatic carbocycles. The summed E-state index contributed by atoms with van der Waals surface area (Å²) in [4.78, 5) is 0. The van der Waals surface area contributed by atoms with Crippen LogP contribution in [0.5, 0.6) is 0 Å². The van der Waals surface area contributed by atoms with E-state index in [1.165, 1.54) is 12.1 Å². The highest BCUT2D eigenvalue weighted by molar-refractivity contribution is 5.30. The summed E-state index contributed by atoms with van der Waals surface area (Å²) in [7, 11) is 0. The molecule has 1 unspecified atom stereocenters. The van der Waals surface area contributed by atoms with E-state index in [4.69, 9.17) is 0 Å². The van der Waals surface area contributed by atoms with E-state index in [9.17, 15) is 13.2 Å². The van der Waals surface area contributed by atoms with Crippen molar-refractivity contribution in [3.05, 3.63) is 35.4 Å². The highest BCUT2D eigenvalue weighted by Gasteiger charge is 2.35. The molecule has 1 atom stereocenters. The van der Waals surface area contributed by atoms with Gasteiger partial charge in [0, 0.05) is 5.54 Å². The van der Waals surface area contributed by atoms with Gasteiger partial charge in [-0.2, -0.15) is 13.2 Å². The molecule has 0 bridgehead atoms. The molecule has 0 amide bonds. The van der Waals surface area contributed by atoms with Gasteiger partial charge < -0.3 is 5.32 Å². The van der Waals surface area contributed by atoms with Crippen LogP contribution in [0.2, 0.25) is 0 Å². The van der Waals surface area contributed by atoms with Crippen LogP contribution < -0.4 is 5.32 Å². The van der Waals surface area contributed by atoms with Crippen LogP contribution in [-0.2, 0) is 11.7 Å². The molecule has 18 heavy (non-hydrogen) atoms. The van der Waals surface area contributed by atoms with Gasteiger partial charge >= 0.3 is 6.18 Å². The molecule has 4 heteroatoms. The Morgan fingerprint density at radius 3 is 2.33 bits per heavy atom. The van der Waals surface area contributed by atoms with Crippen molar-refractivity contribution in [2.45, 2.75) is 44.3 Å². The standard InChI is InChI=1S/C14H18F3N/c1-2-8-13(9-3-10-18-13)11-4-6-12(7-5-11)14(15,16)17/h4-7,18H,2-3,8-10H2,1H3. The van der Waals surface area contributed by atoms with E-state index in [1.54, 1.807) is 12.1 Å². The van der Waals surface area contributed by atoms with Crippen LogP contribution in [0.25, 0.3) is 0 Å². The Morgan fingerprint density at radius 1 is 1.22 bits per heavy atom. The molecular weight excluding hydrogens is 239 g/mol. The molecule has 0 aromatic heterocycles. The molecule has 1 nitrogen and oxygen atoms in total. The molecule has 100 valence electrons. The first-order valence-corrected chi connectivity index (χ1v) is 6.41. The number of benzene rings is 1. The number of halogens is 3. The Kier molecular flexibility index (Phi) is 3.66. The van der Waals surface area contributed by atoms with E-state index < -0.39 is 11.7 Å². The number of hydrogen-bond donors (Lipinski definition) is 1. The highest BCUT2D eigenvalue weighted by atomic mass is 19.4. The lowest BCUT2D eigenvalue weighted by Crippen LogP contribution is -2.36. The van der Waals surface area contributed by atoms with E-state index in [0.29, 0.717) is 0 Å². The predicted octanol–water partition coefficient (Wildman–Crippen LogP) is 4.08. The molecule has 0 saturated carbocycles. The normalized spacial score (nSPS) is 24.4. The van der Waals surface area contributed by atoms with Crippen LogP contribution in [0, 0.1) is 0 Å². The third-order valence-electron chi connectivity index (χ3n) is 3.69. The number of hydrogen-bond acceptors (Lipinski definition) is 1. The summed E-state index contributed by atoms with van der Waals surface area (Å²) in [5.74, 6) is 0. The van der Waals surface area contributed by atoms with E-state index in [-0.39, 0.29) is 5.54 Å². The van der Waals surface area contributed by atoms with Gasteiger partial charge in [-0.05, 0) is 43.5 Å². The van der Waals surface area contributed by atoms with Gasteiger partial charge in [0.15, 0.2) is 0 Å². The largest absolute Gasteiger partial charge is 0.416 e. The highest BCUT2D eigenvalue weighted by Crippen LogP contribution is 2.37. The van der Waals surface area contributed by atoms with Crippen molar-refractivity contribution in [1.29, 1.82) is 0 Å². The average Bonchev–Trinajstić information content (AvgIpc) is 2.78. The van der Waals surface area contributed by atoms with Gasteiger partial charge in [-0.15, -0.1) is 0 Å².